The predicted octanol–water partition coefficient (Wildman–Crippen LogP) is 2.46. The Labute approximate surface area is 90.9 Å². The van der Waals surface area contributed by atoms with Crippen LogP contribution < -0.4 is 0 Å². The Morgan fingerprint density at radius 1 is 1.20 bits per heavy atom. The molecule has 0 spiro atoms. The van der Waals surface area contributed by atoms with Gasteiger partial charge in [0.05, 0.1) is 17.8 Å². The van der Waals surface area contributed by atoms with Crippen LogP contribution in [0.4, 0.5) is 0 Å². The Kier molecular flexibility index (Phi) is 2.57. The largest absolute Gasteiger partial charge is 0.393 e. The van der Waals surface area contributed by atoms with Crippen molar-refractivity contribution in [3.8, 4) is 0 Å². The molecule has 0 aromatic heterocycles. The highest BCUT2D eigenvalue weighted by atomic mass is 16.5. The van der Waals surface area contributed by atoms with E-state index < -0.39 is 0 Å². The van der Waals surface area contributed by atoms with Crippen LogP contribution in [0.3, 0.4) is 0 Å². The molecule has 0 radical (unpaired) electrons. The normalized spacial score (nSPS) is 35.7. The maximum absolute atomic E-state index is 9.28. The molecule has 1 aromatic carbocycles. The molecule has 0 unspecified atom stereocenters. The van der Waals surface area contributed by atoms with E-state index in [1.807, 2.05) is 25.1 Å². The quantitative estimate of drug-likeness (QED) is 0.805. The zero-order chi connectivity index (χ0) is 10.9. The number of aliphatic hydroxyl groups is 1. The van der Waals surface area contributed by atoms with Gasteiger partial charge in [-0.05, 0) is 32.3 Å². The van der Waals surface area contributed by atoms with Crippen LogP contribution in [0, 0.1) is 0 Å². The third kappa shape index (κ3) is 1.92. The molecule has 1 fully saturated rings. The molecule has 1 heterocycles. The van der Waals surface area contributed by atoms with Crippen LogP contribution in [0.5, 0.6) is 0 Å². The first-order chi connectivity index (χ1) is 7.08. The Morgan fingerprint density at radius 2 is 1.87 bits per heavy atom. The highest BCUT2D eigenvalue weighted by Crippen LogP contribution is 2.43. The van der Waals surface area contributed by atoms with Crippen molar-refractivity contribution in [1.82, 2.24) is 0 Å². The standard InChI is InChI=1S/C13H18O2/c1-12(10-14)8-9-13(2,15-12)11-6-4-3-5-7-11/h3-7,14H,8-10H2,1-2H3/t12-,13+/m1/s1. The minimum absolute atomic E-state index is 0.0927. The van der Waals surface area contributed by atoms with Gasteiger partial charge < -0.3 is 9.84 Å². The molecule has 0 aliphatic carbocycles. The molecule has 1 saturated heterocycles. The second-order valence-electron chi connectivity index (χ2n) is 4.81. The van der Waals surface area contributed by atoms with Crippen molar-refractivity contribution in [2.75, 3.05) is 6.61 Å². The summed E-state index contributed by atoms with van der Waals surface area (Å²) in [4.78, 5) is 0. The van der Waals surface area contributed by atoms with Gasteiger partial charge in [0.15, 0.2) is 0 Å². The average molecular weight is 206 g/mol. The number of ether oxygens (including phenoxy) is 1. The van der Waals surface area contributed by atoms with E-state index in [4.69, 9.17) is 4.74 Å². The molecule has 0 bridgehead atoms. The van der Waals surface area contributed by atoms with Gasteiger partial charge in [-0.1, -0.05) is 30.3 Å². The predicted molar refractivity (Wildman–Crippen MR) is 59.6 cm³/mol. The third-order valence-electron chi connectivity index (χ3n) is 3.32. The van der Waals surface area contributed by atoms with Gasteiger partial charge in [0.25, 0.3) is 0 Å². The summed E-state index contributed by atoms with van der Waals surface area (Å²) in [5.41, 5.74) is 0.589. The molecular formula is C13H18O2. The topological polar surface area (TPSA) is 29.5 Å². The van der Waals surface area contributed by atoms with E-state index >= 15 is 0 Å². The summed E-state index contributed by atoms with van der Waals surface area (Å²) in [6, 6.07) is 10.2. The molecule has 2 heteroatoms. The van der Waals surface area contributed by atoms with Gasteiger partial charge in [-0.2, -0.15) is 0 Å². The number of aliphatic hydroxyl groups excluding tert-OH is 1. The van der Waals surface area contributed by atoms with Crippen molar-refractivity contribution in [2.45, 2.75) is 37.9 Å². The first-order valence-corrected chi connectivity index (χ1v) is 5.45. The molecular weight excluding hydrogens is 188 g/mol. The van der Waals surface area contributed by atoms with Crippen LogP contribution in [0.2, 0.25) is 0 Å². The summed E-state index contributed by atoms with van der Waals surface area (Å²) in [5.74, 6) is 0. The lowest BCUT2D eigenvalue weighted by molar-refractivity contribution is -0.111. The summed E-state index contributed by atoms with van der Waals surface area (Å²) < 4.78 is 6.02. The lowest BCUT2D eigenvalue weighted by Crippen LogP contribution is -2.32. The van der Waals surface area contributed by atoms with E-state index in [-0.39, 0.29) is 17.8 Å². The molecule has 2 nitrogen and oxygen atoms in total. The average Bonchev–Trinajstić information content (AvgIpc) is 2.59. The third-order valence-corrected chi connectivity index (χ3v) is 3.32. The van der Waals surface area contributed by atoms with Gasteiger partial charge in [-0.15, -0.1) is 0 Å². The maximum atomic E-state index is 9.28. The zero-order valence-electron chi connectivity index (χ0n) is 9.36. The Hall–Kier alpha value is -0.860. The number of benzene rings is 1. The van der Waals surface area contributed by atoms with Crippen molar-refractivity contribution in [3.05, 3.63) is 35.9 Å². The number of rotatable bonds is 2. The van der Waals surface area contributed by atoms with Crippen LogP contribution in [0.15, 0.2) is 30.3 Å². The lowest BCUT2D eigenvalue weighted by atomic mass is 9.92. The fourth-order valence-electron chi connectivity index (χ4n) is 2.25. The second-order valence-corrected chi connectivity index (χ2v) is 4.81. The monoisotopic (exact) mass is 206 g/mol. The van der Waals surface area contributed by atoms with E-state index in [0.29, 0.717) is 0 Å². The molecule has 2 rings (SSSR count). The van der Waals surface area contributed by atoms with E-state index in [1.54, 1.807) is 0 Å². The molecule has 0 saturated carbocycles. The van der Waals surface area contributed by atoms with Gasteiger partial charge in [-0.3, -0.25) is 0 Å². The minimum Gasteiger partial charge on any atom is -0.393 e. The van der Waals surface area contributed by atoms with E-state index in [9.17, 15) is 5.11 Å². The first-order valence-electron chi connectivity index (χ1n) is 5.45. The van der Waals surface area contributed by atoms with Crippen molar-refractivity contribution >= 4 is 0 Å². The van der Waals surface area contributed by atoms with Crippen LogP contribution in [-0.2, 0) is 10.3 Å². The van der Waals surface area contributed by atoms with Crippen LogP contribution >= 0.6 is 0 Å². The highest BCUT2D eigenvalue weighted by molar-refractivity contribution is 5.23. The zero-order valence-corrected chi connectivity index (χ0v) is 9.36. The van der Waals surface area contributed by atoms with Gasteiger partial charge in [0.1, 0.15) is 0 Å². The Bertz CT molecular complexity index is 336. The van der Waals surface area contributed by atoms with Gasteiger partial charge >= 0.3 is 0 Å². The molecule has 0 amide bonds. The summed E-state index contributed by atoms with van der Waals surface area (Å²) >= 11 is 0. The molecule has 15 heavy (non-hydrogen) atoms. The molecule has 2 atom stereocenters. The molecule has 82 valence electrons. The van der Waals surface area contributed by atoms with E-state index in [2.05, 4.69) is 19.1 Å². The van der Waals surface area contributed by atoms with Crippen molar-refractivity contribution in [2.24, 2.45) is 0 Å². The lowest BCUT2D eigenvalue weighted by Gasteiger charge is -2.29. The van der Waals surface area contributed by atoms with Crippen molar-refractivity contribution < 1.29 is 9.84 Å². The number of hydrogen-bond donors (Lipinski definition) is 1. The van der Waals surface area contributed by atoms with Crippen LogP contribution in [0.1, 0.15) is 32.3 Å². The fourth-order valence-corrected chi connectivity index (χ4v) is 2.25. The van der Waals surface area contributed by atoms with Gasteiger partial charge in [-0.25, -0.2) is 0 Å². The molecule has 1 aliphatic rings. The number of hydrogen-bond acceptors (Lipinski definition) is 2. The summed E-state index contributed by atoms with van der Waals surface area (Å²) in [6.45, 7) is 4.17. The molecule has 1 N–H and O–H groups in total. The fraction of sp³-hybridized carbons (Fsp3) is 0.538. The van der Waals surface area contributed by atoms with Gasteiger partial charge in [0.2, 0.25) is 0 Å². The second kappa shape index (κ2) is 3.62. The first kappa shape index (κ1) is 10.7. The Balaban J connectivity index is 2.24. The highest BCUT2D eigenvalue weighted by Gasteiger charge is 2.44. The molecule has 1 aliphatic heterocycles. The van der Waals surface area contributed by atoms with E-state index in [1.165, 1.54) is 5.56 Å². The Morgan fingerprint density at radius 3 is 2.40 bits per heavy atom. The van der Waals surface area contributed by atoms with E-state index in [0.717, 1.165) is 12.8 Å². The summed E-state index contributed by atoms with van der Waals surface area (Å²) in [7, 11) is 0. The van der Waals surface area contributed by atoms with Crippen molar-refractivity contribution in [1.29, 1.82) is 0 Å². The minimum atomic E-state index is -0.370. The SMILES string of the molecule is C[C@]1(CO)CC[C@@](C)(c2ccccc2)O1. The van der Waals surface area contributed by atoms with Gasteiger partial charge in [0, 0.05) is 0 Å². The smallest absolute Gasteiger partial charge is 0.0912 e. The summed E-state index contributed by atoms with van der Waals surface area (Å²) in [6.07, 6.45) is 1.88. The van der Waals surface area contributed by atoms with Crippen LogP contribution in [0.25, 0.3) is 0 Å². The molecule has 1 aromatic rings. The van der Waals surface area contributed by atoms with Crippen molar-refractivity contribution in [3.63, 3.8) is 0 Å². The summed E-state index contributed by atoms with van der Waals surface area (Å²) in [5, 5.41) is 9.28. The van der Waals surface area contributed by atoms with Crippen LogP contribution in [-0.4, -0.2) is 17.3 Å². The maximum Gasteiger partial charge on any atom is 0.0912 e.